The monoisotopic (exact) mass is 410 g/mol. The van der Waals surface area contributed by atoms with Crippen molar-refractivity contribution in [2.75, 3.05) is 11.4 Å². The topological polar surface area (TPSA) is 33.1 Å². The number of fused-ring (bicyclic) bond motifs is 1. The molecule has 0 atom stereocenters. The summed E-state index contributed by atoms with van der Waals surface area (Å²) in [4.78, 5) is 6.67. The summed E-state index contributed by atoms with van der Waals surface area (Å²) in [7, 11) is 0. The van der Waals surface area contributed by atoms with Crippen molar-refractivity contribution < 1.29 is 4.39 Å². The number of nitrogens with zero attached hydrogens (tertiary/aromatic N) is 3. The van der Waals surface area contributed by atoms with E-state index in [1.54, 1.807) is 12.1 Å². The first-order valence-electron chi connectivity index (χ1n) is 9.83. The van der Waals surface area contributed by atoms with Gasteiger partial charge in [0.1, 0.15) is 5.82 Å². The van der Waals surface area contributed by atoms with E-state index in [4.69, 9.17) is 17.2 Å². The second-order valence-corrected chi connectivity index (χ2v) is 7.44. The highest BCUT2D eigenvalue weighted by atomic mass is 32.1. The third kappa shape index (κ3) is 4.32. The van der Waals surface area contributed by atoms with E-state index in [-0.39, 0.29) is 5.82 Å². The van der Waals surface area contributed by atoms with Crippen LogP contribution in [0.5, 0.6) is 0 Å². The van der Waals surface area contributed by atoms with Crippen LogP contribution in [0.3, 0.4) is 0 Å². The van der Waals surface area contributed by atoms with E-state index >= 15 is 0 Å². The van der Waals surface area contributed by atoms with Gasteiger partial charge in [-0.3, -0.25) is 4.98 Å². The molecule has 0 saturated heterocycles. The molecule has 0 amide bonds. The zero-order valence-electron chi connectivity index (χ0n) is 17.2. The van der Waals surface area contributed by atoms with Crippen LogP contribution in [-0.2, 0) is 13.1 Å². The molecule has 0 saturated carbocycles. The second-order valence-electron chi connectivity index (χ2n) is 7.06. The lowest BCUT2D eigenvalue weighted by Crippen LogP contribution is -2.40. The van der Waals surface area contributed by atoms with Crippen molar-refractivity contribution in [1.82, 2.24) is 14.9 Å². The highest BCUT2D eigenvalue weighted by molar-refractivity contribution is 7.80. The quantitative estimate of drug-likeness (QED) is 0.425. The van der Waals surface area contributed by atoms with Gasteiger partial charge in [0, 0.05) is 36.1 Å². The minimum absolute atomic E-state index is 0.271. The number of aromatic nitrogens is 2. The Hall–Kier alpha value is -2.73. The Morgan fingerprint density at radius 3 is 2.66 bits per heavy atom. The van der Waals surface area contributed by atoms with Crippen LogP contribution in [0.15, 0.2) is 49.2 Å². The van der Waals surface area contributed by atoms with Crippen molar-refractivity contribution in [3.8, 4) is 0 Å². The molecule has 1 N–H and O–H groups in total. The molecule has 0 radical (unpaired) electrons. The van der Waals surface area contributed by atoms with Crippen molar-refractivity contribution in [2.24, 2.45) is 0 Å². The fraction of sp³-hybridized carbons (Fsp3) is 0.304. The first-order valence-corrected chi connectivity index (χ1v) is 10.2. The Morgan fingerprint density at radius 2 is 2.00 bits per heavy atom. The molecule has 0 aliphatic heterocycles. The minimum atomic E-state index is -0.271. The third-order valence-electron chi connectivity index (χ3n) is 5.15. The van der Waals surface area contributed by atoms with E-state index < -0.39 is 0 Å². The smallest absolute Gasteiger partial charge is 0.173 e. The Bertz CT molecular complexity index is 1020. The zero-order chi connectivity index (χ0) is 21.0. The lowest BCUT2D eigenvalue weighted by Gasteiger charge is -2.26. The maximum Gasteiger partial charge on any atom is 0.173 e. The lowest BCUT2D eigenvalue weighted by atomic mass is 10.1. The average Bonchev–Trinajstić information content (AvgIpc) is 2.97. The fourth-order valence-corrected chi connectivity index (χ4v) is 3.79. The van der Waals surface area contributed by atoms with E-state index in [1.807, 2.05) is 17.2 Å². The highest BCUT2D eigenvalue weighted by Gasteiger charge is 2.19. The number of hydrogen-bond acceptors (Lipinski definition) is 2. The maximum atomic E-state index is 13.5. The molecule has 0 aliphatic rings. The Kier molecular flexibility index (Phi) is 6.64. The second kappa shape index (κ2) is 9.18. The Labute approximate surface area is 177 Å². The van der Waals surface area contributed by atoms with Crippen LogP contribution in [0, 0.1) is 19.7 Å². The summed E-state index contributed by atoms with van der Waals surface area (Å²) in [5.41, 5.74) is 5.28. The zero-order valence-corrected chi connectivity index (χ0v) is 18.0. The van der Waals surface area contributed by atoms with Gasteiger partial charge in [0.05, 0.1) is 17.8 Å². The van der Waals surface area contributed by atoms with E-state index in [0.717, 1.165) is 29.9 Å². The van der Waals surface area contributed by atoms with Crippen LogP contribution in [-0.4, -0.2) is 21.2 Å². The summed E-state index contributed by atoms with van der Waals surface area (Å²) in [5, 5.41) is 5.07. The molecule has 0 bridgehead atoms. The summed E-state index contributed by atoms with van der Waals surface area (Å²) < 4.78 is 15.7. The van der Waals surface area contributed by atoms with E-state index in [9.17, 15) is 4.39 Å². The Balaban J connectivity index is 2.08. The van der Waals surface area contributed by atoms with E-state index in [2.05, 4.69) is 43.3 Å². The molecule has 3 aromatic rings. The number of nitrogens with one attached hydrogen (secondary N) is 1. The molecule has 1 aromatic carbocycles. The van der Waals surface area contributed by atoms with Crippen molar-refractivity contribution in [1.29, 1.82) is 0 Å². The molecule has 2 heterocycles. The van der Waals surface area contributed by atoms with Gasteiger partial charge in [-0.1, -0.05) is 13.0 Å². The molecular formula is C23H27FN4S. The molecule has 3 rings (SSSR count). The van der Waals surface area contributed by atoms with Crippen molar-refractivity contribution in [2.45, 2.75) is 40.3 Å². The van der Waals surface area contributed by atoms with Gasteiger partial charge in [0.15, 0.2) is 5.11 Å². The van der Waals surface area contributed by atoms with Gasteiger partial charge >= 0.3 is 0 Å². The van der Waals surface area contributed by atoms with Crippen LogP contribution in [0.1, 0.15) is 30.3 Å². The average molecular weight is 411 g/mol. The molecule has 0 unspecified atom stereocenters. The lowest BCUT2D eigenvalue weighted by molar-refractivity contribution is 0.627. The largest absolute Gasteiger partial charge is 0.362 e. The van der Waals surface area contributed by atoms with Gasteiger partial charge in [-0.05, 0) is 68.4 Å². The predicted octanol–water partition coefficient (Wildman–Crippen LogP) is 5.27. The van der Waals surface area contributed by atoms with Crippen LogP contribution in [0.25, 0.3) is 10.9 Å². The summed E-state index contributed by atoms with van der Waals surface area (Å²) >= 11 is 5.66. The maximum absolute atomic E-state index is 13.5. The predicted molar refractivity (Wildman–Crippen MR) is 123 cm³/mol. The number of thiocarbonyl (C=S) groups is 1. The molecule has 4 nitrogen and oxygen atoms in total. The molecular weight excluding hydrogens is 383 g/mol. The Morgan fingerprint density at radius 1 is 1.28 bits per heavy atom. The number of benzene rings is 1. The summed E-state index contributed by atoms with van der Waals surface area (Å²) in [6, 6.07) is 8.45. The number of halogens is 1. The summed E-state index contributed by atoms with van der Waals surface area (Å²) in [6.07, 6.45) is 4.70. The van der Waals surface area contributed by atoms with E-state index in [1.165, 1.54) is 28.8 Å². The van der Waals surface area contributed by atoms with Gasteiger partial charge in [-0.15, -0.1) is 6.58 Å². The van der Waals surface area contributed by atoms with Gasteiger partial charge in [0.25, 0.3) is 0 Å². The normalized spacial score (nSPS) is 10.9. The number of pyridine rings is 1. The number of hydrogen-bond donors (Lipinski definition) is 1. The number of anilines is 1. The molecule has 6 heteroatoms. The minimum Gasteiger partial charge on any atom is -0.362 e. The number of rotatable bonds is 7. The third-order valence-corrected chi connectivity index (χ3v) is 5.52. The fourth-order valence-electron chi connectivity index (χ4n) is 3.52. The molecule has 0 aliphatic carbocycles. The molecule has 0 spiro atoms. The SMILES string of the molecule is C=CCn1c(C)c(C)c2ccnc(CN(C(=S)NCCC)c3ccc(F)cc3)c21. The highest BCUT2D eigenvalue weighted by Crippen LogP contribution is 2.29. The van der Waals surface area contributed by atoms with Crippen LogP contribution >= 0.6 is 12.2 Å². The summed E-state index contributed by atoms with van der Waals surface area (Å²) in [6.45, 7) is 12.2. The molecule has 2 aromatic heterocycles. The molecule has 152 valence electrons. The molecule has 0 fully saturated rings. The summed E-state index contributed by atoms with van der Waals surface area (Å²) in [5.74, 6) is -0.271. The number of aryl methyl sites for hydroxylation is 1. The van der Waals surface area contributed by atoms with Crippen molar-refractivity contribution in [3.05, 3.63) is 72.0 Å². The number of allylic oxidation sites excluding steroid dienone is 1. The standard InChI is InChI=1S/C23H27FN4S/c1-5-12-26-23(29)28(19-9-7-18(24)8-10-19)15-21-22-20(11-13-25-21)16(3)17(4)27(22)14-6-2/h6-11,13H,2,5,12,14-15H2,1,3-4H3,(H,26,29). The van der Waals surface area contributed by atoms with Gasteiger partial charge in [-0.25, -0.2) is 4.39 Å². The first-order chi connectivity index (χ1) is 14.0. The molecule has 29 heavy (non-hydrogen) atoms. The van der Waals surface area contributed by atoms with Crippen molar-refractivity contribution in [3.63, 3.8) is 0 Å². The van der Waals surface area contributed by atoms with Crippen LogP contribution in [0.2, 0.25) is 0 Å². The van der Waals surface area contributed by atoms with Crippen molar-refractivity contribution >= 4 is 33.9 Å². The van der Waals surface area contributed by atoms with Gasteiger partial charge in [0.2, 0.25) is 0 Å². The van der Waals surface area contributed by atoms with Crippen LogP contribution < -0.4 is 10.2 Å². The van der Waals surface area contributed by atoms with Gasteiger partial charge < -0.3 is 14.8 Å². The van der Waals surface area contributed by atoms with Crippen LogP contribution in [0.4, 0.5) is 10.1 Å². The van der Waals surface area contributed by atoms with E-state index in [0.29, 0.717) is 18.2 Å². The first kappa shape index (κ1) is 21.0. The van der Waals surface area contributed by atoms with Gasteiger partial charge in [-0.2, -0.15) is 0 Å².